The van der Waals surface area contributed by atoms with Crippen LogP contribution in [0.5, 0.6) is 0 Å². The van der Waals surface area contributed by atoms with E-state index in [1.807, 2.05) is 0 Å². The van der Waals surface area contributed by atoms with Crippen molar-refractivity contribution in [3.8, 4) is 0 Å². The number of benzene rings is 1. The first-order valence-corrected chi connectivity index (χ1v) is 5.78. The summed E-state index contributed by atoms with van der Waals surface area (Å²) in [5.74, 6) is -1.18. The molecule has 1 rings (SSSR count). The van der Waals surface area contributed by atoms with Gasteiger partial charge in [0.1, 0.15) is 0 Å². The lowest BCUT2D eigenvalue weighted by Gasteiger charge is -2.27. The van der Waals surface area contributed by atoms with E-state index in [1.54, 1.807) is 32.0 Å². The van der Waals surface area contributed by atoms with Crippen molar-refractivity contribution in [3.63, 3.8) is 0 Å². The summed E-state index contributed by atoms with van der Waals surface area (Å²) in [7, 11) is 0. The molecule has 1 N–H and O–H groups in total. The molecule has 92 valence electrons. The molecule has 1 aromatic carbocycles. The molecule has 0 unspecified atom stereocenters. The largest absolute Gasteiger partial charge is 0.341 e. The highest BCUT2D eigenvalue weighted by Crippen LogP contribution is 2.29. The monoisotopic (exact) mass is 273 g/mol. The molecule has 0 heterocycles. The molecule has 0 radical (unpaired) electrons. The van der Waals surface area contributed by atoms with Crippen molar-refractivity contribution in [1.82, 2.24) is 5.32 Å². The topological polar surface area (TPSA) is 46.2 Å². The van der Waals surface area contributed by atoms with Gasteiger partial charge in [-0.15, -0.1) is 0 Å². The van der Waals surface area contributed by atoms with Crippen molar-refractivity contribution in [2.45, 2.75) is 26.3 Å². The van der Waals surface area contributed by atoms with Gasteiger partial charge in [0.2, 0.25) is 5.78 Å². The first kappa shape index (κ1) is 14.0. The molecule has 5 heteroatoms. The Kier molecular flexibility index (Phi) is 4.17. The lowest BCUT2D eigenvalue weighted by Crippen LogP contribution is -2.43. The van der Waals surface area contributed by atoms with Crippen molar-refractivity contribution < 1.29 is 9.59 Å². The number of amides is 1. The molecule has 0 aliphatic heterocycles. The smallest absolute Gasteiger partial charge is 0.287 e. The van der Waals surface area contributed by atoms with Crippen LogP contribution in [0.2, 0.25) is 10.0 Å². The number of halogens is 2. The van der Waals surface area contributed by atoms with E-state index >= 15 is 0 Å². The van der Waals surface area contributed by atoms with Crippen molar-refractivity contribution in [2.24, 2.45) is 0 Å². The van der Waals surface area contributed by atoms with Gasteiger partial charge in [-0.1, -0.05) is 29.3 Å². The number of rotatable bonds is 3. The molecule has 0 aliphatic carbocycles. The van der Waals surface area contributed by atoms with Crippen LogP contribution < -0.4 is 5.32 Å². The molecule has 0 saturated heterocycles. The predicted octanol–water partition coefficient (Wildman–Crippen LogP) is 2.93. The third-order valence-electron chi connectivity index (χ3n) is 2.35. The highest BCUT2D eigenvalue weighted by Gasteiger charge is 2.26. The number of carbonyl (C=O) groups is 2. The van der Waals surface area contributed by atoms with Gasteiger partial charge in [-0.05, 0) is 31.5 Å². The van der Waals surface area contributed by atoms with Crippen molar-refractivity contribution >= 4 is 34.9 Å². The fourth-order valence-corrected chi connectivity index (χ4v) is 2.08. The maximum Gasteiger partial charge on any atom is 0.287 e. The van der Waals surface area contributed by atoms with Gasteiger partial charge in [-0.2, -0.15) is 0 Å². The fourth-order valence-electron chi connectivity index (χ4n) is 1.44. The third-order valence-corrected chi connectivity index (χ3v) is 2.90. The Morgan fingerprint density at radius 1 is 1.24 bits per heavy atom. The Labute approximate surface area is 110 Å². The Morgan fingerprint density at radius 2 is 1.82 bits per heavy atom. The molecule has 0 aliphatic rings. The zero-order chi connectivity index (χ0) is 13.2. The molecule has 1 aromatic rings. The van der Waals surface area contributed by atoms with Crippen LogP contribution in [-0.2, 0) is 15.1 Å². The molecule has 0 fully saturated rings. The number of Topliss-reactive ketones (excluding diaryl/α,β-unsaturated/α-hetero) is 1. The standard InChI is InChI=1S/C12H13Cl2NO2/c1-7(16)11(17)15-12(2,3)9-5-4-8(13)6-10(9)14/h4-6H,1-3H3,(H,15,17). The molecule has 0 bridgehead atoms. The Bertz CT molecular complexity index is 470. The lowest BCUT2D eigenvalue weighted by atomic mass is 9.94. The summed E-state index contributed by atoms with van der Waals surface area (Å²) in [6.07, 6.45) is 0. The SMILES string of the molecule is CC(=O)C(=O)NC(C)(C)c1ccc(Cl)cc1Cl. The second-order valence-electron chi connectivity index (χ2n) is 4.26. The molecule has 1 amide bonds. The van der Waals surface area contributed by atoms with Gasteiger partial charge < -0.3 is 5.32 Å². The average molecular weight is 274 g/mol. The van der Waals surface area contributed by atoms with E-state index < -0.39 is 17.2 Å². The lowest BCUT2D eigenvalue weighted by molar-refractivity contribution is -0.137. The van der Waals surface area contributed by atoms with Crippen LogP contribution in [0.4, 0.5) is 0 Å². The zero-order valence-electron chi connectivity index (χ0n) is 9.80. The normalized spacial score (nSPS) is 11.1. The molecule has 0 aromatic heterocycles. The summed E-state index contributed by atoms with van der Waals surface area (Å²) >= 11 is 11.9. The number of hydrogen-bond acceptors (Lipinski definition) is 2. The van der Waals surface area contributed by atoms with Gasteiger partial charge in [-0.3, -0.25) is 9.59 Å². The average Bonchev–Trinajstić information content (AvgIpc) is 2.15. The Balaban J connectivity index is 3.04. The maximum atomic E-state index is 11.4. The number of nitrogens with one attached hydrogen (secondary N) is 1. The van der Waals surface area contributed by atoms with Crippen molar-refractivity contribution in [3.05, 3.63) is 33.8 Å². The first-order chi connectivity index (χ1) is 7.74. The van der Waals surface area contributed by atoms with E-state index in [0.29, 0.717) is 15.6 Å². The van der Waals surface area contributed by atoms with E-state index in [4.69, 9.17) is 23.2 Å². The summed E-state index contributed by atoms with van der Waals surface area (Å²) < 4.78 is 0. The number of ketones is 1. The van der Waals surface area contributed by atoms with Gasteiger partial charge in [0.15, 0.2) is 0 Å². The van der Waals surface area contributed by atoms with Gasteiger partial charge in [0.05, 0.1) is 5.54 Å². The second kappa shape index (κ2) is 5.07. The molecule has 0 saturated carbocycles. The number of hydrogen-bond donors (Lipinski definition) is 1. The van der Waals surface area contributed by atoms with E-state index in [0.717, 1.165) is 0 Å². The van der Waals surface area contributed by atoms with E-state index in [1.165, 1.54) is 6.92 Å². The van der Waals surface area contributed by atoms with E-state index in [9.17, 15) is 9.59 Å². The minimum absolute atomic E-state index is 0.450. The van der Waals surface area contributed by atoms with Crippen molar-refractivity contribution in [1.29, 1.82) is 0 Å². The quantitative estimate of drug-likeness (QED) is 0.861. The summed E-state index contributed by atoms with van der Waals surface area (Å²) in [6.45, 7) is 4.75. The molecule has 17 heavy (non-hydrogen) atoms. The van der Waals surface area contributed by atoms with Crippen LogP contribution in [0, 0.1) is 0 Å². The third kappa shape index (κ3) is 3.45. The maximum absolute atomic E-state index is 11.4. The molecular weight excluding hydrogens is 261 g/mol. The molecule has 0 atom stereocenters. The van der Waals surface area contributed by atoms with Crippen LogP contribution in [0.3, 0.4) is 0 Å². The second-order valence-corrected chi connectivity index (χ2v) is 5.10. The highest BCUT2D eigenvalue weighted by molar-refractivity contribution is 6.36. The minimum Gasteiger partial charge on any atom is -0.341 e. The Morgan fingerprint density at radius 3 is 2.29 bits per heavy atom. The summed E-state index contributed by atoms with van der Waals surface area (Å²) in [5, 5.41) is 3.59. The molecule has 0 spiro atoms. The van der Waals surface area contributed by atoms with Crippen LogP contribution >= 0.6 is 23.2 Å². The minimum atomic E-state index is -0.732. The highest BCUT2D eigenvalue weighted by atomic mass is 35.5. The molecule has 3 nitrogen and oxygen atoms in total. The van der Waals surface area contributed by atoms with Crippen LogP contribution in [0.1, 0.15) is 26.3 Å². The van der Waals surface area contributed by atoms with Crippen LogP contribution in [-0.4, -0.2) is 11.7 Å². The Hall–Kier alpha value is -1.06. The van der Waals surface area contributed by atoms with Gasteiger partial charge in [0.25, 0.3) is 5.91 Å². The first-order valence-electron chi connectivity index (χ1n) is 5.02. The predicted molar refractivity (Wildman–Crippen MR) is 68.3 cm³/mol. The summed E-state index contributed by atoms with van der Waals surface area (Å²) in [5.41, 5.74) is -0.0251. The van der Waals surface area contributed by atoms with Gasteiger partial charge >= 0.3 is 0 Å². The zero-order valence-corrected chi connectivity index (χ0v) is 11.3. The van der Waals surface area contributed by atoms with E-state index in [-0.39, 0.29) is 0 Å². The van der Waals surface area contributed by atoms with Gasteiger partial charge in [0, 0.05) is 17.0 Å². The van der Waals surface area contributed by atoms with Crippen molar-refractivity contribution in [2.75, 3.05) is 0 Å². The van der Waals surface area contributed by atoms with Gasteiger partial charge in [-0.25, -0.2) is 0 Å². The molecular formula is C12H13Cl2NO2. The fraction of sp³-hybridized carbons (Fsp3) is 0.333. The summed E-state index contributed by atoms with van der Waals surface area (Å²) in [4.78, 5) is 22.3. The van der Waals surface area contributed by atoms with Crippen LogP contribution in [0.15, 0.2) is 18.2 Å². The number of carbonyl (C=O) groups excluding carboxylic acids is 2. The van der Waals surface area contributed by atoms with E-state index in [2.05, 4.69) is 5.32 Å². The van der Waals surface area contributed by atoms with Crippen LogP contribution in [0.25, 0.3) is 0 Å². The summed E-state index contributed by atoms with van der Waals surface area (Å²) in [6, 6.07) is 5.01.